The van der Waals surface area contributed by atoms with Crippen molar-refractivity contribution in [3.8, 4) is 0 Å². The van der Waals surface area contributed by atoms with Gasteiger partial charge in [0.2, 0.25) is 0 Å². The number of ether oxygens (including phenoxy) is 1. The van der Waals surface area contributed by atoms with Gasteiger partial charge in [0.1, 0.15) is 0 Å². The van der Waals surface area contributed by atoms with Gasteiger partial charge in [-0.15, -0.1) is 11.3 Å². The molecule has 0 bridgehead atoms. The molecule has 0 saturated carbocycles. The molecular weight excluding hydrogens is 244 g/mol. The Morgan fingerprint density at radius 3 is 2.89 bits per heavy atom. The fourth-order valence-electron chi connectivity index (χ4n) is 2.14. The number of nitrogens with one attached hydrogen (secondary N) is 1. The molecule has 1 heterocycles. The number of thiazole rings is 1. The first-order chi connectivity index (χ1) is 8.77. The lowest BCUT2D eigenvalue weighted by molar-refractivity contribution is 0.197. The quantitative estimate of drug-likeness (QED) is 0.664. The van der Waals surface area contributed by atoms with Gasteiger partial charge in [0.05, 0.1) is 17.8 Å². The van der Waals surface area contributed by atoms with Gasteiger partial charge in [-0.3, -0.25) is 0 Å². The summed E-state index contributed by atoms with van der Waals surface area (Å²) in [6.45, 7) is 7.23. The van der Waals surface area contributed by atoms with Crippen LogP contribution in [0.3, 0.4) is 0 Å². The van der Waals surface area contributed by atoms with E-state index in [1.165, 1.54) is 36.3 Å². The maximum absolute atomic E-state index is 5.05. The van der Waals surface area contributed by atoms with Crippen molar-refractivity contribution in [1.29, 1.82) is 0 Å². The van der Waals surface area contributed by atoms with Gasteiger partial charge in [-0.05, 0) is 38.6 Å². The largest absolute Gasteiger partial charge is 0.383 e. The lowest BCUT2D eigenvalue weighted by atomic mass is 9.97. The van der Waals surface area contributed by atoms with E-state index in [0.29, 0.717) is 0 Å². The van der Waals surface area contributed by atoms with Crippen molar-refractivity contribution in [3.05, 3.63) is 16.1 Å². The van der Waals surface area contributed by atoms with Crippen molar-refractivity contribution in [2.75, 3.05) is 26.8 Å². The summed E-state index contributed by atoms with van der Waals surface area (Å²) in [5, 5.41) is 3.48. The van der Waals surface area contributed by atoms with Gasteiger partial charge in [0.15, 0.2) is 0 Å². The van der Waals surface area contributed by atoms with E-state index in [0.717, 1.165) is 25.6 Å². The molecule has 1 N–H and O–H groups in total. The average Bonchev–Trinajstić information content (AvgIpc) is 2.77. The molecule has 1 aromatic heterocycles. The summed E-state index contributed by atoms with van der Waals surface area (Å²) in [4.78, 5) is 5.77. The number of nitrogens with zero attached hydrogens (tertiary/aromatic N) is 1. The van der Waals surface area contributed by atoms with Crippen LogP contribution in [-0.4, -0.2) is 31.8 Å². The zero-order chi connectivity index (χ0) is 13.2. The second-order valence-corrected chi connectivity index (χ2v) is 5.69. The summed E-state index contributed by atoms with van der Waals surface area (Å²) in [6, 6.07) is 0. The third kappa shape index (κ3) is 5.94. The Labute approximate surface area is 115 Å². The van der Waals surface area contributed by atoms with Crippen LogP contribution in [-0.2, 0) is 11.2 Å². The smallest absolute Gasteiger partial charge is 0.0797 e. The number of aromatic nitrogens is 1. The first kappa shape index (κ1) is 15.6. The van der Waals surface area contributed by atoms with Crippen molar-refractivity contribution in [1.82, 2.24) is 10.3 Å². The van der Waals surface area contributed by atoms with Crippen LogP contribution < -0.4 is 5.32 Å². The fraction of sp³-hybridized carbons (Fsp3) is 0.786. The van der Waals surface area contributed by atoms with Crippen molar-refractivity contribution >= 4 is 11.3 Å². The minimum Gasteiger partial charge on any atom is -0.383 e. The Morgan fingerprint density at radius 2 is 2.28 bits per heavy atom. The van der Waals surface area contributed by atoms with E-state index in [-0.39, 0.29) is 0 Å². The molecule has 0 aromatic carbocycles. The second kappa shape index (κ2) is 9.48. The molecule has 0 spiro atoms. The molecule has 1 rings (SSSR count). The molecule has 18 heavy (non-hydrogen) atoms. The van der Waals surface area contributed by atoms with Gasteiger partial charge < -0.3 is 10.1 Å². The molecule has 0 aliphatic heterocycles. The third-order valence-corrected chi connectivity index (χ3v) is 4.23. The zero-order valence-corrected chi connectivity index (χ0v) is 12.7. The summed E-state index contributed by atoms with van der Waals surface area (Å²) < 4.78 is 5.05. The number of aryl methyl sites for hydroxylation is 2. The van der Waals surface area contributed by atoms with Crippen LogP contribution in [0.4, 0.5) is 0 Å². The van der Waals surface area contributed by atoms with E-state index in [9.17, 15) is 0 Å². The maximum Gasteiger partial charge on any atom is 0.0797 e. The molecule has 0 fully saturated rings. The highest BCUT2D eigenvalue weighted by Crippen LogP contribution is 2.19. The standard InChI is InChI=1S/C14H26N2OS/c1-4-5-13(10-15-8-9-17-3)6-7-14-12(2)16-11-18-14/h11,13,15H,4-10H2,1-3H3. The highest BCUT2D eigenvalue weighted by molar-refractivity contribution is 7.09. The van der Waals surface area contributed by atoms with Crippen LogP contribution in [0.2, 0.25) is 0 Å². The van der Waals surface area contributed by atoms with Crippen LogP contribution in [0.1, 0.15) is 36.8 Å². The summed E-state index contributed by atoms with van der Waals surface area (Å²) in [5.74, 6) is 0.772. The molecule has 4 heteroatoms. The normalized spacial score (nSPS) is 12.8. The molecular formula is C14H26N2OS. The van der Waals surface area contributed by atoms with Gasteiger partial charge in [-0.2, -0.15) is 0 Å². The van der Waals surface area contributed by atoms with Crippen LogP contribution in [0, 0.1) is 12.8 Å². The van der Waals surface area contributed by atoms with E-state index in [2.05, 4.69) is 24.1 Å². The first-order valence-corrected chi connectivity index (χ1v) is 7.74. The molecule has 0 aliphatic carbocycles. The molecule has 0 amide bonds. The van der Waals surface area contributed by atoms with Crippen LogP contribution in [0.25, 0.3) is 0 Å². The van der Waals surface area contributed by atoms with Crippen molar-refractivity contribution in [3.63, 3.8) is 0 Å². The summed E-state index contributed by atoms with van der Waals surface area (Å²) in [6.07, 6.45) is 5.00. The molecule has 0 aliphatic rings. The Kier molecular flexibility index (Phi) is 8.22. The number of methoxy groups -OCH3 is 1. The van der Waals surface area contributed by atoms with E-state index in [1.54, 1.807) is 18.4 Å². The topological polar surface area (TPSA) is 34.2 Å². The molecule has 104 valence electrons. The Hall–Kier alpha value is -0.450. The van der Waals surface area contributed by atoms with Crippen LogP contribution in [0.5, 0.6) is 0 Å². The lowest BCUT2D eigenvalue weighted by Gasteiger charge is -2.16. The highest BCUT2D eigenvalue weighted by Gasteiger charge is 2.09. The van der Waals surface area contributed by atoms with Crippen molar-refractivity contribution < 1.29 is 4.74 Å². The third-order valence-electron chi connectivity index (χ3n) is 3.24. The van der Waals surface area contributed by atoms with Crippen molar-refractivity contribution in [2.45, 2.75) is 39.5 Å². The minimum atomic E-state index is 0.772. The van der Waals surface area contributed by atoms with Gasteiger partial charge in [0, 0.05) is 18.5 Å². The summed E-state index contributed by atoms with van der Waals surface area (Å²) in [7, 11) is 1.75. The highest BCUT2D eigenvalue weighted by atomic mass is 32.1. The lowest BCUT2D eigenvalue weighted by Crippen LogP contribution is -2.26. The fourth-order valence-corrected chi connectivity index (χ4v) is 2.94. The number of rotatable bonds is 10. The molecule has 0 radical (unpaired) electrons. The van der Waals surface area contributed by atoms with Crippen LogP contribution >= 0.6 is 11.3 Å². The predicted octanol–water partition coefficient (Wildman–Crippen LogP) is 3.04. The molecule has 0 saturated heterocycles. The maximum atomic E-state index is 5.05. The Bertz CT molecular complexity index is 314. The van der Waals surface area contributed by atoms with E-state index in [1.807, 2.05) is 5.51 Å². The average molecular weight is 270 g/mol. The number of hydrogen-bond donors (Lipinski definition) is 1. The Morgan fingerprint density at radius 1 is 1.44 bits per heavy atom. The predicted molar refractivity (Wildman–Crippen MR) is 78.3 cm³/mol. The van der Waals surface area contributed by atoms with E-state index in [4.69, 9.17) is 4.74 Å². The first-order valence-electron chi connectivity index (χ1n) is 6.86. The summed E-state index contributed by atoms with van der Waals surface area (Å²) in [5.41, 5.74) is 3.17. The molecule has 1 atom stereocenters. The van der Waals surface area contributed by atoms with Crippen molar-refractivity contribution in [2.24, 2.45) is 5.92 Å². The number of hydrogen-bond acceptors (Lipinski definition) is 4. The van der Waals surface area contributed by atoms with E-state index >= 15 is 0 Å². The minimum absolute atomic E-state index is 0.772. The van der Waals surface area contributed by atoms with Gasteiger partial charge in [-0.1, -0.05) is 13.3 Å². The summed E-state index contributed by atoms with van der Waals surface area (Å²) >= 11 is 1.79. The molecule has 1 unspecified atom stereocenters. The Balaban J connectivity index is 2.26. The SMILES string of the molecule is CCCC(CCc1scnc1C)CNCCOC. The zero-order valence-electron chi connectivity index (χ0n) is 11.9. The molecule has 3 nitrogen and oxygen atoms in total. The van der Waals surface area contributed by atoms with E-state index < -0.39 is 0 Å². The second-order valence-electron chi connectivity index (χ2n) is 4.75. The van der Waals surface area contributed by atoms with Gasteiger partial charge in [-0.25, -0.2) is 4.98 Å². The van der Waals surface area contributed by atoms with Crippen LogP contribution in [0.15, 0.2) is 5.51 Å². The van der Waals surface area contributed by atoms with Gasteiger partial charge >= 0.3 is 0 Å². The molecule has 1 aromatic rings. The van der Waals surface area contributed by atoms with Gasteiger partial charge in [0.25, 0.3) is 0 Å². The monoisotopic (exact) mass is 270 g/mol.